The van der Waals surface area contributed by atoms with Crippen LogP contribution < -0.4 is 10.2 Å². The van der Waals surface area contributed by atoms with E-state index in [1.54, 1.807) is 24.3 Å². The van der Waals surface area contributed by atoms with Gasteiger partial charge in [-0.15, -0.1) is 0 Å². The number of hydrogen-bond donors (Lipinski definition) is 1. The number of amides is 2. The van der Waals surface area contributed by atoms with Crippen LogP contribution in [0.15, 0.2) is 59.6 Å². The van der Waals surface area contributed by atoms with E-state index in [9.17, 15) is 14.0 Å². The summed E-state index contributed by atoms with van der Waals surface area (Å²) in [7, 11) is 0. The van der Waals surface area contributed by atoms with Gasteiger partial charge >= 0.3 is 0 Å². The molecule has 0 unspecified atom stereocenters. The van der Waals surface area contributed by atoms with Gasteiger partial charge in [0.1, 0.15) is 5.82 Å². The molecule has 0 bridgehead atoms. The summed E-state index contributed by atoms with van der Waals surface area (Å²) in [6.07, 6.45) is 1.24. The van der Waals surface area contributed by atoms with Crippen LogP contribution in [0.5, 0.6) is 0 Å². The van der Waals surface area contributed by atoms with Crippen molar-refractivity contribution in [3.8, 4) is 0 Å². The first-order chi connectivity index (χ1) is 11.6. The predicted molar refractivity (Wildman–Crippen MR) is 92.7 cm³/mol. The molecule has 0 spiro atoms. The Bertz CT molecular complexity index is 821. The van der Waals surface area contributed by atoms with E-state index in [0.29, 0.717) is 11.4 Å². The van der Waals surface area contributed by atoms with E-state index in [1.807, 2.05) is 6.07 Å². The Hall–Kier alpha value is -2.93. The molecule has 0 saturated carbocycles. The van der Waals surface area contributed by atoms with E-state index >= 15 is 0 Å². The first-order valence-corrected chi connectivity index (χ1v) is 7.50. The van der Waals surface area contributed by atoms with Crippen LogP contribution in [0.25, 0.3) is 0 Å². The Kier molecular flexibility index (Phi) is 4.43. The summed E-state index contributed by atoms with van der Waals surface area (Å²) in [5.41, 5.74) is 1.00. The minimum atomic E-state index is -1.11. The molecule has 1 aliphatic rings. The zero-order valence-electron chi connectivity index (χ0n) is 12.3. The number of halogens is 1. The van der Waals surface area contributed by atoms with E-state index in [0.717, 1.165) is 0 Å². The summed E-state index contributed by atoms with van der Waals surface area (Å²) in [5, 5.41) is 2.53. The molecule has 7 heteroatoms. The maximum absolute atomic E-state index is 12.9. The highest BCUT2D eigenvalue weighted by Gasteiger charge is 2.38. The van der Waals surface area contributed by atoms with Gasteiger partial charge in [-0.3, -0.25) is 19.5 Å². The monoisotopic (exact) mass is 341 g/mol. The lowest BCUT2D eigenvalue weighted by Gasteiger charge is -2.30. The number of nitrogens with one attached hydrogen (secondary N) is 1. The number of hydrogen-bond acceptors (Lipinski definition) is 4. The first-order valence-electron chi connectivity index (χ1n) is 7.10. The van der Waals surface area contributed by atoms with E-state index in [1.165, 1.54) is 35.4 Å². The third kappa shape index (κ3) is 3.21. The highest BCUT2D eigenvalue weighted by Crippen LogP contribution is 2.20. The number of nitrogens with zero attached hydrogens (tertiary/aromatic N) is 2. The lowest BCUT2D eigenvalue weighted by molar-refractivity contribution is -0.130. The molecule has 0 radical (unpaired) electrons. The lowest BCUT2D eigenvalue weighted by Crippen LogP contribution is -2.58. The predicted octanol–water partition coefficient (Wildman–Crippen LogP) is 2.59. The van der Waals surface area contributed by atoms with Crippen molar-refractivity contribution < 1.29 is 14.0 Å². The molecule has 2 aromatic rings. The lowest BCUT2D eigenvalue weighted by atomic mass is 10.1. The van der Waals surface area contributed by atoms with Gasteiger partial charge in [-0.05, 0) is 48.6 Å². The molecule has 0 aliphatic carbocycles. The van der Waals surface area contributed by atoms with Gasteiger partial charge < -0.3 is 5.32 Å². The van der Waals surface area contributed by atoms with Gasteiger partial charge in [-0.1, -0.05) is 18.2 Å². The van der Waals surface area contributed by atoms with Gasteiger partial charge in [0.25, 0.3) is 5.91 Å². The minimum Gasteiger partial charge on any atom is -0.301 e. The average molecular weight is 341 g/mol. The number of carbonyl (C=O) groups excluding carboxylic acids is 2. The SMILES string of the molecule is O=C1NC(=S)N(c2ccccc2)C(=O)[C@@H]1C=Nc1ccc(F)cc1. The van der Waals surface area contributed by atoms with Gasteiger partial charge in [0.2, 0.25) is 5.91 Å². The van der Waals surface area contributed by atoms with Crippen LogP contribution in [0, 0.1) is 11.7 Å². The standard InChI is InChI=1S/C17H12FN3O2S/c18-11-6-8-12(9-7-11)19-10-14-15(22)20-17(24)21(16(14)23)13-4-2-1-3-5-13/h1-10,14H,(H,20,22,24)/t14-/m1/s1. The number of carbonyl (C=O) groups is 2. The van der Waals surface area contributed by atoms with Crippen molar-refractivity contribution in [2.45, 2.75) is 0 Å². The molecular weight excluding hydrogens is 329 g/mol. The van der Waals surface area contributed by atoms with Crippen molar-refractivity contribution in [2.75, 3.05) is 4.90 Å². The van der Waals surface area contributed by atoms with E-state index in [2.05, 4.69) is 10.3 Å². The Labute approximate surface area is 142 Å². The van der Waals surface area contributed by atoms with Crippen LogP contribution >= 0.6 is 12.2 Å². The molecule has 2 aromatic carbocycles. The normalized spacial score (nSPS) is 18.1. The Balaban J connectivity index is 1.87. The summed E-state index contributed by atoms with van der Waals surface area (Å²) in [6.45, 7) is 0. The van der Waals surface area contributed by atoms with Crippen LogP contribution in [0.2, 0.25) is 0 Å². The number of anilines is 1. The fraction of sp³-hybridized carbons (Fsp3) is 0.0588. The van der Waals surface area contributed by atoms with Gasteiger partial charge in [0, 0.05) is 6.21 Å². The Morgan fingerprint density at radius 1 is 1.08 bits per heavy atom. The smallest absolute Gasteiger partial charge is 0.251 e. The second-order valence-electron chi connectivity index (χ2n) is 5.04. The highest BCUT2D eigenvalue weighted by atomic mass is 32.1. The number of benzene rings is 2. The number of para-hydroxylation sites is 1. The minimum absolute atomic E-state index is 0.0302. The Morgan fingerprint density at radius 3 is 2.42 bits per heavy atom. The number of aliphatic imine (C=N–C) groups is 1. The molecule has 1 heterocycles. The summed E-state index contributed by atoms with van der Waals surface area (Å²) in [5.74, 6) is -2.52. The molecule has 24 heavy (non-hydrogen) atoms. The van der Waals surface area contributed by atoms with Crippen LogP contribution in [0.4, 0.5) is 15.8 Å². The highest BCUT2D eigenvalue weighted by molar-refractivity contribution is 7.80. The largest absolute Gasteiger partial charge is 0.301 e. The van der Waals surface area contributed by atoms with Crippen LogP contribution in [-0.4, -0.2) is 23.1 Å². The zero-order valence-corrected chi connectivity index (χ0v) is 13.2. The molecule has 1 saturated heterocycles. The van der Waals surface area contributed by atoms with Gasteiger partial charge in [0.15, 0.2) is 11.0 Å². The third-order valence-corrected chi connectivity index (χ3v) is 3.70. The van der Waals surface area contributed by atoms with Crippen LogP contribution in [0.3, 0.4) is 0 Å². The average Bonchev–Trinajstić information content (AvgIpc) is 2.57. The quantitative estimate of drug-likeness (QED) is 0.530. The van der Waals surface area contributed by atoms with Crippen molar-refractivity contribution in [3.05, 3.63) is 60.4 Å². The molecular formula is C17H12FN3O2S. The van der Waals surface area contributed by atoms with Crippen molar-refractivity contribution in [1.82, 2.24) is 5.32 Å². The molecule has 1 fully saturated rings. The summed E-state index contributed by atoms with van der Waals surface area (Å²) in [6, 6.07) is 14.2. The molecule has 2 amide bonds. The number of thiocarbonyl (C=S) groups is 1. The summed E-state index contributed by atoms with van der Waals surface area (Å²) in [4.78, 5) is 30.1. The van der Waals surface area contributed by atoms with E-state index in [4.69, 9.17) is 12.2 Å². The second kappa shape index (κ2) is 6.67. The van der Waals surface area contributed by atoms with Crippen molar-refractivity contribution >= 4 is 46.7 Å². The van der Waals surface area contributed by atoms with Crippen LogP contribution in [0.1, 0.15) is 0 Å². The molecule has 0 aromatic heterocycles. The van der Waals surface area contributed by atoms with Gasteiger partial charge in [-0.25, -0.2) is 4.39 Å². The fourth-order valence-electron chi connectivity index (χ4n) is 2.23. The molecule has 5 nitrogen and oxygen atoms in total. The van der Waals surface area contributed by atoms with Crippen molar-refractivity contribution in [2.24, 2.45) is 10.9 Å². The summed E-state index contributed by atoms with van der Waals surface area (Å²) >= 11 is 5.10. The zero-order chi connectivity index (χ0) is 17.1. The van der Waals surface area contributed by atoms with Gasteiger partial charge in [-0.2, -0.15) is 0 Å². The fourth-order valence-corrected chi connectivity index (χ4v) is 2.53. The molecule has 1 aliphatic heterocycles. The van der Waals surface area contributed by atoms with Crippen molar-refractivity contribution in [3.63, 3.8) is 0 Å². The van der Waals surface area contributed by atoms with Gasteiger partial charge in [0.05, 0.1) is 11.4 Å². The van der Waals surface area contributed by atoms with E-state index < -0.39 is 17.7 Å². The topological polar surface area (TPSA) is 61.8 Å². The molecule has 1 N–H and O–H groups in total. The Morgan fingerprint density at radius 2 is 1.75 bits per heavy atom. The maximum Gasteiger partial charge on any atom is 0.251 e. The van der Waals surface area contributed by atoms with E-state index in [-0.39, 0.29) is 10.9 Å². The van der Waals surface area contributed by atoms with Crippen molar-refractivity contribution in [1.29, 1.82) is 0 Å². The third-order valence-electron chi connectivity index (χ3n) is 3.42. The first kappa shape index (κ1) is 15.9. The van der Waals surface area contributed by atoms with Crippen LogP contribution in [-0.2, 0) is 9.59 Å². The summed E-state index contributed by atoms with van der Waals surface area (Å²) < 4.78 is 12.9. The number of rotatable bonds is 3. The molecule has 1 atom stereocenters. The molecule has 120 valence electrons. The molecule has 3 rings (SSSR count). The maximum atomic E-state index is 12.9. The second-order valence-corrected chi connectivity index (χ2v) is 5.42.